The standard InChI is InChI=1S/C8H17N3S/c1-6-7(8(9)12-10-6)11-4-2-3-5-11/h6-8,10H,2-5,9H2,1H3. The molecule has 2 aliphatic rings. The van der Waals surface area contributed by atoms with Gasteiger partial charge in [-0.1, -0.05) is 11.9 Å². The smallest absolute Gasteiger partial charge is 0.0827 e. The lowest BCUT2D eigenvalue weighted by Crippen LogP contribution is -2.48. The third-order valence-electron chi connectivity index (χ3n) is 2.80. The highest BCUT2D eigenvalue weighted by atomic mass is 32.2. The van der Waals surface area contributed by atoms with Crippen LogP contribution in [-0.4, -0.2) is 35.4 Å². The van der Waals surface area contributed by atoms with E-state index < -0.39 is 0 Å². The molecule has 4 heteroatoms. The highest BCUT2D eigenvalue weighted by Gasteiger charge is 2.36. The average molecular weight is 187 g/mol. The number of nitrogens with one attached hydrogen (secondary N) is 1. The molecule has 3 atom stereocenters. The van der Waals surface area contributed by atoms with Crippen molar-refractivity contribution in [2.45, 2.75) is 37.2 Å². The molecule has 3 unspecified atom stereocenters. The average Bonchev–Trinajstić information content (AvgIpc) is 2.61. The molecule has 2 fully saturated rings. The molecule has 2 heterocycles. The van der Waals surface area contributed by atoms with E-state index in [4.69, 9.17) is 5.73 Å². The van der Waals surface area contributed by atoms with Crippen molar-refractivity contribution in [2.75, 3.05) is 13.1 Å². The summed E-state index contributed by atoms with van der Waals surface area (Å²) in [5.74, 6) is 0. The van der Waals surface area contributed by atoms with Crippen molar-refractivity contribution >= 4 is 11.9 Å². The monoisotopic (exact) mass is 187 g/mol. The lowest BCUT2D eigenvalue weighted by molar-refractivity contribution is 0.218. The second-order valence-electron chi connectivity index (χ2n) is 3.72. The largest absolute Gasteiger partial charge is 0.317 e. The van der Waals surface area contributed by atoms with E-state index in [0.29, 0.717) is 12.1 Å². The minimum absolute atomic E-state index is 0.262. The highest BCUT2D eigenvalue weighted by molar-refractivity contribution is 7.98. The van der Waals surface area contributed by atoms with Crippen LogP contribution >= 0.6 is 11.9 Å². The van der Waals surface area contributed by atoms with Crippen LogP contribution in [0.25, 0.3) is 0 Å². The Morgan fingerprint density at radius 3 is 2.58 bits per heavy atom. The fourth-order valence-corrected chi connectivity index (χ4v) is 3.23. The van der Waals surface area contributed by atoms with Gasteiger partial charge in [0.1, 0.15) is 0 Å². The summed E-state index contributed by atoms with van der Waals surface area (Å²) in [5, 5.41) is 0.262. The van der Waals surface area contributed by atoms with Crippen molar-refractivity contribution in [2.24, 2.45) is 5.73 Å². The second-order valence-corrected chi connectivity index (χ2v) is 4.74. The maximum atomic E-state index is 6.01. The number of nitrogens with two attached hydrogens (primary N) is 1. The molecule has 2 saturated heterocycles. The van der Waals surface area contributed by atoms with Gasteiger partial charge < -0.3 is 5.73 Å². The molecule has 2 rings (SSSR count). The molecule has 0 saturated carbocycles. The Bertz CT molecular complexity index is 148. The van der Waals surface area contributed by atoms with E-state index in [1.807, 2.05) is 0 Å². The maximum Gasteiger partial charge on any atom is 0.0827 e. The highest BCUT2D eigenvalue weighted by Crippen LogP contribution is 2.26. The van der Waals surface area contributed by atoms with Crippen molar-refractivity contribution < 1.29 is 0 Å². The summed E-state index contributed by atoms with van der Waals surface area (Å²) in [6.07, 6.45) is 2.70. The SMILES string of the molecule is CC1NSC(N)C1N1CCCC1. The van der Waals surface area contributed by atoms with Gasteiger partial charge in [0.25, 0.3) is 0 Å². The van der Waals surface area contributed by atoms with E-state index in [1.165, 1.54) is 25.9 Å². The molecule has 0 aliphatic carbocycles. The predicted octanol–water partition coefficient (Wildman–Crippen LogP) is 0.375. The number of hydrogen-bond donors (Lipinski definition) is 2. The Kier molecular flexibility index (Phi) is 2.60. The summed E-state index contributed by atoms with van der Waals surface area (Å²) >= 11 is 1.69. The minimum atomic E-state index is 0.262. The predicted molar refractivity (Wildman–Crippen MR) is 52.8 cm³/mol. The molecule has 0 radical (unpaired) electrons. The number of rotatable bonds is 1. The van der Waals surface area contributed by atoms with Crippen molar-refractivity contribution in [1.82, 2.24) is 9.62 Å². The Morgan fingerprint density at radius 2 is 2.08 bits per heavy atom. The Hall–Kier alpha value is 0.230. The van der Waals surface area contributed by atoms with Gasteiger partial charge in [0.15, 0.2) is 0 Å². The lowest BCUT2D eigenvalue weighted by Gasteiger charge is -2.28. The van der Waals surface area contributed by atoms with Crippen molar-refractivity contribution in [1.29, 1.82) is 0 Å². The molecular formula is C8H17N3S. The van der Waals surface area contributed by atoms with Gasteiger partial charge in [-0.15, -0.1) is 0 Å². The Morgan fingerprint density at radius 1 is 1.42 bits per heavy atom. The zero-order valence-corrected chi connectivity index (χ0v) is 8.31. The van der Waals surface area contributed by atoms with Crippen LogP contribution in [0.2, 0.25) is 0 Å². The van der Waals surface area contributed by atoms with Crippen LogP contribution in [0.15, 0.2) is 0 Å². The van der Waals surface area contributed by atoms with Crippen LogP contribution in [0, 0.1) is 0 Å². The van der Waals surface area contributed by atoms with E-state index in [0.717, 1.165) is 0 Å². The third-order valence-corrected chi connectivity index (χ3v) is 3.86. The van der Waals surface area contributed by atoms with Gasteiger partial charge in [-0.3, -0.25) is 9.62 Å². The molecule has 0 spiro atoms. The fourth-order valence-electron chi connectivity index (χ4n) is 2.17. The summed E-state index contributed by atoms with van der Waals surface area (Å²) in [4.78, 5) is 2.53. The van der Waals surface area contributed by atoms with Gasteiger partial charge in [0, 0.05) is 6.04 Å². The summed E-state index contributed by atoms with van der Waals surface area (Å²) in [5.41, 5.74) is 6.01. The lowest BCUT2D eigenvalue weighted by atomic mass is 10.1. The number of likely N-dealkylation sites (tertiary alicyclic amines) is 1. The van der Waals surface area contributed by atoms with Crippen LogP contribution in [0.3, 0.4) is 0 Å². The Labute approximate surface area is 78.2 Å². The van der Waals surface area contributed by atoms with Crippen LogP contribution in [0.5, 0.6) is 0 Å². The summed E-state index contributed by atoms with van der Waals surface area (Å²) < 4.78 is 3.35. The van der Waals surface area contributed by atoms with E-state index in [2.05, 4.69) is 16.5 Å². The van der Waals surface area contributed by atoms with Crippen LogP contribution in [0.1, 0.15) is 19.8 Å². The molecular weight excluding hydrogens is 170 g/mol. The van der Waals surface area contributed by atoms with Gasteiger partial charge in [0.05, 0.1) is 11.4 Å². The molecule has 0 amide bonds. The number of hydrogen-bond acceptors (Lipinski definition) is 4. The minimum Gasteiger partial charge on any atom is -0.317 e. The van der Waals surface area contributed by atoms with Crippen molar-refractivity contribution in [3.05, 3.63) is 0 Å². The van der Waals surface area contributed by atoms with Crippen LogP contribution in [-0.2, 0) is 0 Å². The van der Waals surface area contributed by atoms with Gasteiger partial charge in [-0.2, -0.15) is 0 Å². The van der Waals surface area contributed by atoms with E-state index >= 15 is 0 Å². The molecule has 0 bridgehead atoms. The number of nitrogens with zero attached hydrogens (tertiary/aromatic N) is 1. The van der Waals surface area contributed by atoms with Crippen LogP contribution < -0.4 is 10.5 Å². The molecule has 70 valence electrons. The fraction of sp³-hybridized carbons (Fsp3) is 1.00. The maximum absolute atomic E-state index is 6.01. The van der Waals surface area contributed by atoms with E-state index in [1.54, 1.807) is 11.9 Å². The van der Waals surface area contributed by atoms with Gasteiger partial charge in [-0.25, -0.2) is 0 Å². The zero-order chi connectivity index (χ0) is 8.55. The molecule has 12 heavy (non-hydrogen) atoms. The van der Waals surface area contributed by atoms with Crippen LogP contribution in [0.4, 0.5) is 0 Å². The first-order chi connectivity index (χ1) is 5.79. The van der Waals surface area contributed by atoms with Crippen molar-refractivity contribution in [3.63, 3.8) is 0 Å². The normalized spacial score (nSPS) is 44.0. The summed E-state index contributed by atoms with van der Waals surface area (Å²) in [6.45, 7) is 4.71. The molecule has 0 aromatic heterocycles. The molecule has 0 aromatic rings. The van der Waals surface area contributed by atoms with Crippen molar-refractivity contribution in [3.8, 4) is 0 Å². The van der Waals surface area contributed by atoms with E-state index in [-0.39, 0.29) is 5.37 Å². The first kappa shape index (κ1) is 8.81. The summed E-state index contributed by atoms with van der Waals surface area (Å²) in [7, 11) is 0. The van der Waals surface area contributed by atoms with Gasteiger partial charge in [-0.05, 0) is 32.9 Å². The first-order valence-electron chi connectivity index (χ1n) is 4.70. The molecule has 0 aromatic carbocycles. The quantitative estimate of drug-likeness (QED) is 0.582. The molecule has 2 aliphatic heterocycles. The van der Waals surface area contributed by atoms with Gasteiger partial charge in [0.2, 0.25) is 0 Å². The topological polar surface area (TPSA) is 41.3 Å². The van der Waals surface area contributed by atoms with Gasteiger partial charge >= 0.3 is 0 Å². The first-order valence-corrected chi connectivity index (χ1v) is 5.58. The Balaban J connectivity index is 1.99. The van der Waals surface area contributed by atoms with E-state index in [9.17, 15) is 0 Å². The molecule has 3 nitrogen and oxygen atoms in total. The second kappa shape index (κ2) is 3.54. The third kappa shape index (κ3) is 1.48. The summed E-state index contributed by atoms with van der Waals surface area (Å²) in [6, 6.07) is 1.10. The zero-order valence-electron chi connectivity index (χ0n) is 7.49. The molecule has 3 N–H and O–H groups in total.